The fourth-order valence-electron chi connectivity index (χ4n) is 3.51. The quantitative estimate of drug-likeness (QED) is 0.839. The number of ether oxygens (including phenoxy) is 1. The first kappa shape index (κ1) is 15.3. The van der Waals surface area contributed by atoms with Gasteiger partial charge in [0.2, 0.25) is 0 Å². The van der Waals surface area contributed by atoms with Crippen LogP contribution in [0.4, 0.5) is 0 Å². The molecule has 1 aliphatic heterocycles. The van der Waals surface area contributed by atoms with E-state index in [9.17, 15) is 0 Å². The van der Waals surface area contributed by atoms with Gasteiger partial charge in [0.25, 0.3) is 0 Å². The Kier molecular flexibility index (Phi) is 4.63. The van der Waals surface area contributed by atoms with Crippen molar-refractivity contribution in [3.05, 3.63) is 35.5 Å². The van der Waals surface area contributed by atoms with E-state index in [1.807, 2.05) is 6.20 Å². The van der Waals surface area contributed by atoms with Crippen molar-refractivity contribution in [2.24, 2.45) is 0 Å². The van der Waals surface area contributed by atoms with E-state index in [1.54, 1.807) is 7.11 Å². The van der Waals surface area contributed by atoms with E-state index in [0.717, 1.165) is 17.8 Å². The molecule has 0 N–H and O–H groups in total. The van der Waals surface area contributed by atoms with Gasteiger partial charge in [0.1, 0.15) is 5.75 Å². The van der Waals surface area contributed by atoms with Crippen LogP contribution in [0.15, 0.2) is 24.4 Å². The maximum absolute atomic E-state index is 5.55. The number of likely N-dealkylation sites (tertiary alicyclic amines) is 1. The zero-order chi connectivity index (χ0) is 15.5. The second kappa shape index (κ2) is 6.66. The predicted molar refractivity (Wildman–Crippen MR) is 91.5 cm³/mol. The van der Waals surface area contributed by atoms with Gasteiger partial charge in [0, 0.05) is 23.7 Å². The van der Waals surface area contributed by atoms with E-state index in [2.05, 4.69) is 41.9 Å². The molecule has 3 nitrogen and oxygen atoms in total. The Labute approximate surface area is 133 Å². The Balaban J connectivity index is 2.03. The fourth-order valence-corrected chi connectivity index (χ4v) is 3.51. The maximum atomic E-state index is 5.55. The van der Waals surface area contributed by atoms with Gasteiger partial charge < -0.3 is 4.74 Å². The summed E-state index contributed by atoms with van der Waals surface area (Å²) in [5, 5.41) is 1.28. The molecule has 1 fully saturated rings. The highest BCUT2D eigenvalue weighted by atomic mass is 16.5. The summed E-state index contributed by atoms with van der Waals surface area (Å²) in [5.74, 6) is 1.35. The number of methoxy groups -OCH3 is 1. The third-order valence-electron chi connectivity index (χ3n) is 4.64. The van der Waals surface area contributed by atoms with Gasteiger partial charge in [-0.1, -0.05) is 20.3 Å². The van der Waals surface area contributed by atoms with Crippen molar-refractivity contribution in [2.75, 3.05) is 20.2 Å². The lowest BCUT2D eigenvalue weighted by Crippen LogP contribution is -2.29. The Morgan fingerprint density at radius 1 is 1.14 bits per heavy atom. The molecule has 1 aromatic carbocycles. The van der Waals surface area contributed by atoms with E-state index >= 15 is 0 Å². The summed E-state index contributed by atoms with van der Waals surface area (Å²) in [4.78, 5) is 7.23. The van der Waals surface area contributed by atoms with Crippen LogP contribution >= 0.6 is 0 Å². The number of pyridine rings is 1. The van der Waals surface area contributed by atoms with Crippen molar-refractivity contribution >= 4 is 10.9 Å². The van der Waals surface area contributed by atoms with Gasteiger partial charge in [0.15, 0.2) is 0 Å². The highest BCUT2D eigenvalue weighted by Gasteiger charge is 2.17. The van der Waals surface area contributed by atoms with E-state index in [1.165, 1.54) is 48.9 Å². The summed E-state index contributed by atoms with van der Waals surface area (Å²) in [5.41, 5.74) is 3.71. The monoisotopic (exact) mass is 298 g/mol. The molecule has 0 saturated carbocycles. The first-order valence-electron chi connectivity index (χ1n) is 8.37. The van der Waals surface area contributed by atoms with Crippen molar-refractivity contribution in [1.29, 1.82) is 0 Å². The standard InChI is InChI=1S/C19H26N2O/c1-14(2)18-17(22-3)8-7-16-15(9-10-20-19(16)18)13-21-11-5-4-6-12-21/h7-10,14H,4-6,11-13H2,1-3H3. The summed E-state index contributed by atoms with van der Waals surface area (Å²) in [6.45, 7) is 7.88. The summed E-state index contributed by atoms with van der Waals surface area (Å²) in [6, 6.07) is 6.44. The minimum Gasteiger partial charge on any atom is -0.496 e. The summed E-state index contributed by atoms with van der Waals surface area (Å²) >= 11 is 0. The zero-order valence-corrected chi connectivity index (χ0v) is 13.9. The van der Waals surface area contributed by atoms with E-state index in [4.69, 9.17) is 4.74 Å². The summed E-state index contributed by atoms with van der Waals surface area (Å²) in [6.07, 6.45) is 5.98. The normalized spacial score (nSPS) is 16.4. The van der Waals surface area contributed by atoms with Gasteiger partial charge in [-0.2, -0.15) is 0 Å². The van der Waals surface area contributed by atoms with E-state index < -0.39 is 0 Å². The molecule has 0 amide bonds. The number of rotatable bonds is 4. The topological polar surface area (TPSA) is 25.4 Å². The van der Waals surface area contributed by atoms with Gasteiger partial charge >= 0.3 is 0 Å². The van der Waals surface area contributed by atoms with Gasteiger partial charge in [0.05, 0.1) is 12.6 Å². The maximum Gasteiger partial charge on any atom is 0.124 e. The number of benzene rings is 1. The molecule has 118 valence electrons. The highest BCUT2D eigenvalue weighted by molar-refractivity contribution is 5.87. The van der Waals surface area contributed by atoms with Crippen LogP contribution in [0, 0.1) is 0 Å². The molecule has 3 heteroatoms. The number of hydrogen-bond donors (Lipinski definition) is 0. The average Bonchev–Trinajstić information content (AvgIpc) is 2.54. The van der Waals surface area contributed by atoms with Crippen molar-refractivity contribution in [1.82, 2.24) is 9.88 Å². The lowest BCUT2D eigenvalue weighted by atomic mass is 9.96. The number of piperidine rings is 1. The minimum atomic E-state index is 0.399. The zero-order valence-electron chi connectivity index (χ0n) is 13.9. The van der Waals surface area contributed by atoms with Crippen LogP contribution in [-0.4, -0.2) is 30.1 Å². The van der Waals surface area contributed by atoms with Crippen LogP contribution in [0.2, 0.25) is 0 Å². The first-order valence-corrected chi connectivity index (χ1v) is 8.37. The lowest BCUT2D eigenvalue weighted by molar-refractivity contribution is 0.221. The molecule has 1 saturated heterocycles. The predicted octanol–water partition coefficient (Wildman–Crippen LogP) is 4.35. The van der Waals surface area contributed by atoms with E-state index in [-0.39, 0.29) is 0 Å². The minimum absolute atomic E-state index is 0.399. The Hall–Kier alpha value is -1.61. The molecule has 1 aromatic heterocycles. The second-order valence-corrected chi connectivity index (χ2v) is 6.54. The number of aromatic nitrogens is 1. The molecule has 1 aliphatic rings. The smallest absolute Gasteiger partial charge is 0.124 e. The van der Waals surface area contributed by atoms with Crippen LogP contribution in [-0.2, 0) is 6.54 Å². The second-order valence-electron chi connectivity index (χ2n) is 6.54. The molecule has 2 aromatic rings. The Bertz CT molecular complexity index is 645. The van der Waals surface area contributed by atoms with Gasteiger partial charge in [-0.3, -0.25) is 9.88 Å². The average molecular weight is 298 g/mol. The Morgan fingerprint density at radius 2 is 1.91 bits per heavy atom. The number of nitrogens with zero attached hydrogens (tertiary/aromatic N) is 2. The Morgan fingerprint density at radius 3 is 2.59 bits per heavy atom. The van der Waals surface area contributed by atoms with Gasteiger partial charge in [-0.05, 0) is 55.6 Å². The SMILES string of the molecule is COc1ccc2c(CN3CCCCC3)ccnc2c1C(C)C. The molecular formula is C19H26N2O. The third kappa shape index (κ3) is 2.95. The number of fused-ring (bicyclic) bond motifs is 1. The van der Waals surface area contributed by atoms with Crippen LogP contribution in [0.25, 0.3) is 10.9 Å². The molecule has 0 radical (unpaired) electrons. The third-order valence-corrected chi connectivity index (χ3v) is 4.64. The summed E-state index contributed by atoms with van der Waals surface area (Å²) in [7, 11) is 1.74. The molecule has 0 atom stereocenters. The molecule has 0 unspecified atom stereocenters. The van der Waals surface area contributed by atoms with Gasteiger partial charge in [-0.25, -0.2) is 0 Å². The highest BCUT2D eigenvalue weighted by Crippen LogP contribution is 2.34. The molecule has 0 spiro atoms. The van der Waals surface area contributed by atoms with Crippen LogP contribution in [0.1, 0.15) is 50.2 Å². The van der Waals surface area contributed by atoms with Crippen molar-refractivity contribution in [3.8, 4) is 5.75 Å². The molecular weight excluding hydrogens is 272 g/mol. The van der Waals surface area contributed by atoms with Gasteiger partial charge in [-0.15, -0.1) is 0 Å². The molecule has 22 heavy (non-hydrogen) atoms. The molecule has 0 aliphatic carbocycles. The molecule has 0 bridgehead atoms. The molecule has 3 rings (SSSR count). The largest absolute Gasteiger partial charge is 0.496 e. The van der Waals surface area contributed by atoms with Crippen LogP contribution < -0.4 is 4.74 Å². The number of hydrogen-bond acceptors (Lipinski definition) is 3. The fraction of sp³-hybridized carbons (Fsp3) is 0.526. The van der Waals surface area contributed by atoms with Crippen molar-refractivity contribution in [3.63, 3.8) is 0 Å². The van der Waals surface area contributed by atoms with Crippen LogP contribution in [0.5, 0.6) is 5.75 Å². The first-order chi connectivity index (χ1) is 10.7. The van der Waals surface area contributed by atoms with Crippen molar-refractivity contribution < 1.29 is 4.74 Å². The van der Waals surface area contributed by atoms with Crippen molar-refractivity contribution in [2.45, 2.75) is 45.6 Å². The lowest BCUT2D eigenvalue weighted by Gasteiger charge is -2.27. The van der Waals surface area contributed by atoms with E-state index in [0.29, 0.717) is 5.92 Å². The van der Waals surface area contributed by atoms with Crippen LogP contribution in [0.3, 0.4) is 0 Å². The summed E-state index contributed by atoms with van der Waals surface area (Å²) < 4.78 is 5.55. The molecule has 2 heterocycles.